The van der Waals surface area contributed by atoms with Gasteiger partial charge in [-0.2, -0.15) is 0 Å². The number of rotatable bonds is 1. The fraction of sp³-hybridized carbons (Fsp3) is 0.667. The Labute approximate surface area is 124 Å². The van der Waals surface area contributed by atoms with E-state index in [1.165, 1.54) is 10.9 Å². The molecule has 1 saturated carbocycles. The summed E-state index contributed by atoms with van der Waals surface area (Å²) in [5, 5.41) is 0. The first-order chi connectivity index (χ1) is 9.82. The lowest BCUT2D eigenvalue weighted by Crippen LogP contribution is -2.49. The SMILES string of the molecule is CC(C)(C)OC(=O)N1[C@@H](C(=O)n2ccnc2)CCC12CC2. The van der Waals surface area contributed by atoms with Crippen molar-refractivity contribution in [1.29, 1.82) is 0 Å². The summed E-state index contributed by atoms with van der Waals surface area (Å²) >= 11 is 0. The number of aromatic nitrogens is 2. The minimum absolute atomic E-state index is 0.109. The number of carbonyl (C=O) groups excluding carboxylic acids is 2. The zero-order valence-corrected chi connectivity index (χ0v) is 12.7. The number of imidazole rings is 1. The van der Waals surface area contributed by atoms with Gasteiger partial charge < -0.3 is 4.74 Å². The first-order valence-corrected chi connectivity index (χ1v) is 7.37. The second kappa shape index (κ2) is 4.58. The third kappa shape index (κ3) is 2.54. The van der Waals surface area contributed by atoms with E-state index in [1.807, 2.05) is 20.8 Å². The van der Waals surface area contributed by atoms with Crippen molar-refractivity contribution in [3.63, 3.8) is 0 Å². The number of carbonyl (C=O) groups is 2. The van der Waals surface area contributed by atoms with E-state index >= 15 is 0 Å². The molecule has 1 atom stereocenters. The summed E-state index contributed by atoms with van der Waals surface area (Å²) < 4.78 is 6.95. The molecule has 2 heterocycles. The van der Waals surface area contributed by atoms with Crippen LogP contribution in [0.5, 0.6) is 0 Å². The predicted octanol–water partition coefficient (Wildman–Crippen LogP) is 2.46. The molecule has 114 valence electrons. The molecule has 3 rings (SSSR count). The number of hydrogen-bond acceptors (Lipinski definition) is 4. The topological polar surface area (TPSA) is 64.4 Å². The van der Waals surface area contributed by atoms with Crippen LogP contribution in [0.15, 0.2) is 18.7 Å². The van der Waals surface area contributed by atoms with Crippen molar-refractivity contribution in [2.45, 2.75) is 63.6 Å². The molecular formula is C15H21N3O3. The maximum absolute atomic E-state index is 12.6. The van der Waals surface area contributed by atoms with Crippen molar-refractivity contribution in [3.05, 3.63) is 18.7 Å². The lowest BCUT2D eigenvalue weighted by molar-refractivity contribution is 0.0108. The Balaban J connectivity index is 1.83. The van der Waals surface area contributed by atoms with Crippen LogP contribution in [0, 0.1) is 0 Å². The van der Waals surface area contributed by atoms with Gasteiger partial charge in [-0.1, -0.05) is 0 Å². The smallest absolute Gasteiger partial charge is 0.411 e. The molecule has 1 aliphatic heterocycles. The molecule has 1 spiro atoms. The van der Waals surface area contributed by atoms with Crippen molar-refractivity contribution in [3.8, 4) is 0 Å². The molecule has 0 N–H and O–H groups in total. The van der Waals surface area contributed by atoms with Gasteiger partial charge in [0.25, 0.3) is 5.91 Å². The van der Waals surface area contributed by atoms with Gasteiger partial charge in [0.1, 0.15) is 18.0 Å². The van der Waals surface area contributed by atoms with Crippen LogP contribution in [0.2, 0.25) is 0 Å². The van der Waals surface area contributed by atoms with Gasteiger partial charge in [0.15, 0.2) is 0 Å². The Hall–Kier alpha value is -1.85. The average molecular weight is 291 g/mol. The maximum atomic E-state index is 12.6. The molecular weight excluding hydrogens is 270 g/mol. The summed E-state index contributed by atoms with van der Waals surface area (Å²) in [7, 11) is 0. The van der Waals surface area contributed by atoms with E-state index in [9.17, 15) is 9.59 Å². The molecule has 0 radical (unpaired) electrons. The van der Waals surface area contributed by atoms with Crippen LogP contribution in [0.4, 0.5) is 4.79 Å². The zero-order valence-electron chi connectivity index (χ0n) is 12.7. The molecule has 1 saturated heterocycles. The normalized spacial score (nSPS) is 23.4. The molecule has 2 fully saturated rings. The second-order valence-electron chi connectivity index (χ2n) is 6.94. The van der Waals surface area contributed by atoms with E-state index < -0.39 is 11.6 Å². The van der Waals surface area contributed by atoms with Crippen LogP contribution in [-0.2, 0) is 4.74 Å². The van der Waals surface area contributed by atoms with Crippen LogP contribution >= 0.6 is 0 Å². The zero-order chi connectivity index (χ0) is 15.3. The van der Waals surface area contributed by atoms with Crippen LogP contribution in [-0.4, -0.2) is 43.6 Å². The van der Waals surface area contributed by atoms with Crippen LogP contribution in [0.25, 0.3) is 0 Å². The first-order valence-electron chi connectivity index (χ1n) is 7.37. The van der Waals surface area contributed by atoms with Gasteiger partial charge in [0.2, 0.25) is 0 Å². The molecule has 0 bridgehead atoms. The second-order valence-corrected chi connectivity index (χ2v) is 6.94. The highest BCUT2D eigenvalue weighted by Crippen LogP contribution is 2.52. The summed E-state index contributed by atoms with van der Waals surface area (Å²) in [5.41, 5.74) is -0.707. The van der Waals surface area contributed by atoms with Gasteiger partial charge in [0.05, 0.1) is 0 Å². The van der Waals surface area contributed by atoms with E-state index in [4.69, 9.17) is 4.74 Å². The number of amides is 1. The number of hydrogen-bond donors (Lipinski definition) is 0. The van der Waals surface area contributed by atoms with Crippen LogP contribution in [0.3, 0.4) is 0 Å². The Kier molecular flexibility index (Phi) is 3.07. The molecule has 0 aromatic carbocycles. The molecule has 0 unspecified atom stereocenters. The highest BCUT2D eigenvalue weighted by molar-refractivity contribution is 5.88. The Morgan fingerprint density at radius 3 is 2.52 bits per heavy atom. The summed E-state index contributed by atoms with van der Waals surface area (Å²) in [6.07, 6.45) is 7.77. The minimum atomic E-state index is -0.557. The number of ether oxygens (including phenoxy) is 1. The maximum Gasteiger partial charge on any atom is 0.411 e. The molecule has 1 aliphatic carbocycles. The van der Waals surface area contributed by atoms with Crippen molar-refractivity contribution in [2.75, 3.05) is 0 Å². The van der Waals surface area contributed by atoms with Gasteiger partial charge in [-0.15, -0.1) is 0 Å². The summed E-state index contributed by atoms with van der Waals surface area (Å²) in [5.74, 6) is -0.109. The third-order valence-electron chi connectivity index (χ3n) is 4.17. The monoisotopic (exact) mass is 291 g/mol. The number of nitrogens with zero attached hydrogens (tertiary/aromatic N) is 3. The van der Waals surface area contributed by atoms with Gasteiger partial charge >= 0.3 is 6.09 Å². The molecule has 21 heavy (non-hydrogen) atoms. The molecule has 2 aliphatic rings. The van der Waals surface area contributed by atoms with E-state index in [0.717, 1.165) is 19.3 Å². The highest BCUT2D eigenvalue weighted by Gasteiger charge is 2.59. The van der Waals surface area contributed by atoms with Crippen molar-refractivity contribution >= 4 is 12.0 Å². The van der Waals surface area contributed by atoms with Crippen LogP contribution < -0.4 is 0 Å². The number of likely N-dealkylation sites (tertiary alicyclic amines) is 1. The quantitative estimate of drug-likeness (QED) is 0.797. The van der Waals surface area contributed by atoms with E-state index in [1.54, 1.807) is 17.3 Å². The van der Waals surface area contributed by atoms with E-state index in [0.29, 0.717) is 6.42 Å². The lowest BCUT2D eigenvalue weighted by Gasteiger charge is -2.32. The average Bonchev–Trinajstić information content (AvgIpc) is 2.84. The van der Waals surface area contributed by atoms with Gasteiger partial charge in [-0.3, -0.25) is 14.3 Å². The standard InChI is InChI=1S/C15H21N3O3/c1-14(2,3)21-13(20)18-11(4-5-15(18)6-7-15)12(19)17-9-8-16-10-17/h8-11H,4-7H2,1-3H3/t11-/m1/s1. The van der Waals surface area contributed by atoms with Crippen molar-refractivity contribution in [2.24, 2.45) is 0 Å². The highest BCUT2D eigenvalue weighted by atomic mass is 16.6. The molecule has 1 aromatic heterocycles. The molecule has 6 nitrogen and oxygen atoms in total. The van der Waals surface area contributed by atoms with Gasteiger partial charge in [-0.25, -0.2) is 9.78 Å². The van der Waals surface area contributed by atoms with Gasteiger partial charge in [0, 0.05) is 17.9 Å². The summed E-state index contributed by atoms with van der Waals surface area (Å²) in [6, 6.07) is -0.448. The van der Waals surface area contributed by atoms with E-state index in [2.05, 4.69) is 4.98 Å². The fourth-order valence-electron chi connectivity index (χ4n) is 3.05. The summed E-state index contributed by atoms with van der Waals surface area (Å²) in [4.78, 5) is 30.7. The predicted molar refractivity (Wildman–Crippen MR) is 75.9 cm³/mol. The molecule has 1 amide bonds. The first kappa shape index (κ1) is 14.1. The molecule has 1 aromatic rings. The fourth-order valence-corrected chi connectivity index (χ4v) is 3.05. The Morgan fingerprint density at radius 2 is 2.00 bits per heavy atom. The Bertz CT molecular complexity index is 555. The third-order valence-corrected chi connectivity index (χ3v) is 4.17. The van der Waals surface area contributed by atoms with Crippen molar-refractivity contribution < 1.29 is 14.3 Å². The van der Waals surface area contributed by atoms with Gasteiger partial charge in [-0.05, 0) is 46.5 Å². The Morgan fingerprint density at radius 1 is 1.29 bits per heavy atom. The summed E-state index contributed by atoms with van der Waals surface area (Å²) in [6.45, 7) is 5.52. The minimum Gasteiger partial charge on any atom is -0.444 e. The largest absolute Gasteiger partial charge is 0.444 e. The van der Waals surface area contributed by atoms with Crippen molar-refractivity contribution in [1.82, 2.24) is 14.5 Å². The molecule has 6 heteroatoms. The lowest BCUT2D eigenvalue weighted by atomic mass is 10.2. The van der Waals surface area contributed by atoms with Crippen LogP contribution in [0.1, 0.15) is 51.2 Å². The van der Waals surface area contributed by atoms with E-state index in [-0.39, 0.29) is 17.5 Å².